The van der Waals surface area contributed by atoms with Crippen LogP contribution in [0.4, 0.5) is 0 Å². The highest BCUT2D eigenvalue weighted by molar-refractivity contribution is 7.91. The van der Waals surface area contributed by atoms with Gasteiger partial charge in [-0.1, -0.05) is 11.2 Å². The van der Waals surface area contributed by atoms with Crippen molar-refractivity contribution in [3.63, 3.8) is 0 Å². The van der Waals surface area contributed by atoms with E-state index >= 15 is 0 Å². The van der Waals surface area contributed by atoms with Crippen LogP contribution < -0.4 is 0 Å². The Hall–Kier alpha value is 0.270. The van der Waals surface area contributed by atoms with Crippen molar-refractivity contribution in [2.45, 2.75) is 12.5 Å². The molecule has 1 saturated heterocycles. The van der Waals surface area contributed by atoms with Crippen molar-refractivity contribution in [2.75, 3.05) is 18.6 Å². The monoisotopic (exact) mass is 134 g/mol. The molecule has 3 heteroatoms. The lowest BCUT2D eigenvalue weighted by Crippen LogP contribution is -2.11. The van der Waals surface area contributed by atoms with Gasteiger partial charge < -0.3 is 9.29 Å². The van der Waals surface area contributed by atoms with Gasteiger partial charge >= 0.3 is 0 Å². The van der Waals surface area contributed by atoms with Crippen molar-refractivity contribution in [3.05, 3.63) is 0 Å². The molecule has 1 rings (SSSR count). The Morgan fingerprint density at radius 3 is 2.75 bits per heavy atom. The Labute approximate surface area is 52.4 Å². The lowest BCUT2D eigenvalue weighted by Gasteiger charge is -2.02. The van der Waals surface area contributed by atoms with Crippen LogP contribution in [0.3, 0.4) is 0 Å². The summed E-state index contributed by atoms with van der Waals surface area (Å²) < 4.78 is 15.6. The molecule has 8 heavy (non-hydrogen) atoms. The third kappa shape index (κ3) is 1.37. The van der Waals surface area contributed by atoms with Gasteiger partial charge in [-0.15, -0.1) is 0 Å². The Bertz CT molecular complexity index is 76.8. The molecule has 0 aromatic rings. The highest BCUT2D eigenvalue weighted by Crippen LogP contribution is 2.13. The molecule has 2 atom stereocenters. The molecule has 0 N–H and O–H groups in total. The molecular formula is C5H10O2S. The number of hydrogen-bond acceptors (Lipinski definition) is 2. The molecule has 0 saturated carbocycles. The molecule has 0 aromatic carbocycles. The summed E-state index contributed by atoms with van der Waals surface area (Å²) in [6.07, 6.45) is 1.25. The van der Waals surface area contributed by atoms with Crippen LogP contribution in [0.25, 0.3) is 0 Å². The van der Waals surface area contributed by atoms with Gasteiger partial charge in [0.05, 0.1) is 0 Å². The van der Waals surface area contributed by atoms with Crippen molar-refractivity contribution < 1.29 is 9.29 Å². The van der Waals surface area contributed by atoms with E-state index in [2.05, 4.69) is 0 Å². The molecule has 1 fully saturated rings. The summed E-state index contributed by atoms with van der Waals surface area (Å²) in [5, 5.41) is 0. The fraction of sp³-hybridized carbons (Fsp3) is 1.00. The van der Waals surface area contributed by atoms with E-state index in [1.807, 2.05) is 0 Å². The Morgan fingerprint density at radius 1 is 1.75 bits per heavy atom. The van der Waals surface area contributed by atoms with E-state index in [4.69, 9.17) is 4.74 Å². The molecular weight excluding hydrogens is 124 g/mol. The molecule has 1 aliphatic rings. The summed E-state index contributed by atoms with van der Waals surface area (Å²) in [4.78, 5) is 0. The average Bonchev–Trinajstić information content (AvgIpc) is 2.14. The smallest absolute Gasteiger partial charge is 0.131 e. The fourth-order valence-electron chi connectivity index (χ4n) is 0.823. The summed E-state index contributed by atoms with van der Waals surface area (Å²) in [5.41, 5.74) is 0. The third-order valence-corrected chi connectivity index (χ3v) is 2.81. The highest BCUT2D eigenvalue weighted by Gasteiger charge is 2.25. The van der Waals surface area contributed by atoms with Gasteiger partial charge in [0.25, 0.3) is 0 Å². The maximum absolute atomic E-state index is 10.6. The van der Waals surface area contributed by atoms with Gasteiger partial charge in [0.2, 0.25) is 0 Å². The lowest BCUT2D eigenvalue weighted by molar-refractivity contribution is 0.124. The first-order valence-corrected chi connectivity index (χ1v) is 4.19. The summed E-state index contributed by atoms with van der Waals surface area (Å²) in [6.45, 7) is 0. The second-order valence-corrected chi connectivity index (χ2v) is 3.58. The van der Waals surface area contributed by atoms with Gasteiger partial charge in [0.1, 0.15) is 17.6 Å². The van der Waals surface area contributed by atoms with Gasteiger partial charge in [-0.3, -0.25) is 0 Å². The number of rotatable bonds is 1. The number of ether oxygens (including phenoxy) is 1. The van der Waals surface area contributed by atoms with Crippen molar-refractivity contribution in [3.8, 4) is 0 Å². The number of hydrogen-bond donors (Lipinski definition) is 0. The van der Waals surface area contributed by atoms with Crippen LogP contribution in [0.1, 0.15) is 6.42 Å². The minimum Gasteiger partial charge on any atom is -0.616 e. The van der Waals surface area contributed by atoms with Gasteiger partial charge in [-0.2, -0.15) is 0 Å². The van der Waals surface area contributed by atoms with E-state index in [-0.39, 0.29) is 6.10 Å². The predicted octanol–water partition coefficient (Wildman–Crippen LogP) is 0.154. The van der Waals surface area contributed by atoms with Crippen LogP contribution in [-0.4, -0.2) is 29.3 Å². The minimum atomic E-state index is -0.578. The van der Waals surface area contributed by atoms with Crippen LogP contribution in [0.5, 0.6) is 0 Å². The number of methoxy groups -OCH3 is 1. The first kappa shape index (κ1) is 6.39. The first-order chi connectivity index (χ1) is 3.83. The molecule has 2 unspecified atom stereocenters. The molecule has 0 bridgehead atoms. The van der Waals surface area contributed by atoms with E-state index in [0.717, 1.165) is 17.9 Å². The zero-order valence-corrected chi connectivity index (χ0v) is 5.74. The molecule has 0 aliphatic carbocycles. The molecule has 0 aromatic heterocycles. The standard InChI is InChI=1S/C5H10O2S/c1-7-5-2-3-8(6)4-5/h5H,2-4H2,1H3. The molecule has 0 spiro atoms. The second-order valence-electron chi connectivity index (χ2n) is 1.96. The fourth-order valence-corrected chi connectivity index (χ4v) is 2.23. The molecule has 2 nitrogen and oxygen atoms in total. The van der Waals surface area contributed by atoms with Gasteiger partial charge in [-0.25, -0.2) is 0 Å². The normalized spacial score (nSPS) is 38.2. The van der Waals surface area contributed by atoms with Crippen molar-refractivity contribution in [1.29, 1.82) is 0 Å². The van der Waals surface area contributed by atoms with E-state index < -0.39 is 11.2 Å². The molecule has 1 aliphatic heterocycles. The zero-order chi connectivity index (χ0) is 5.98. The maximum Gasteiger partial charge on any atom is 0.131 e. The Morgan fingerprint density at radius 2 is 2.50 bits per heavy atom. The topological polar surface area (TPSA) is 32.3 Å². The second kappa shape index (κ2) is 2.71. The van der Waals surface area contributed by atoms with E-state index in [9.17, 15) is 4.55 Å². The van der Waals surface area contributed by atoms with Gasteiger partial charge in [0.15, 0.2) is 0 Å². The maximum atomic E-state index is 10.6. The van der Waals surface area contributed by atoms with E-state index in [1.54, 1.807) is 7.11 Å². The summed E-state index contributed by atoms with van der Waals surface area (Å²) in [5.74, 6) is 1.58. The highest BCUT2D eigenvalue weighted by atomic mass is 32.2. The van der Waals surface area contributed by atoms with Crippen molar-refractivity contribution >= 4 is 11.2 Å². The average molecular weight is 134 g/mol. The molecule has 0 radical (unpaired) electrons. The van der Waals surface area contributed by atoms with Crippen LogP contribution in [0.2, 0.25) is 0 Å². The summed E-state index contributed by atoms with van der Waals surface area (Å²) in [7, 11) is 1.67. The summed E-state index contributed by atoms with van der Waals surface area (Å²) >= 11 is -0.578. The summed E-state index contributed by atoms with van der Waals surface area (Å²) in [6, 6.07) is 0. The minimum absolute atomic E-state index is 0.274. The van der Waals surface area contributed by atoms with Crippen molar-refractivity contribution in [1.82, 2.24) is 0 Å². The van der Waals surface area contributed by atoms with Crippen LogP contribution in [-0.2, 0) is 15.9 Å². The SMILES string of the molecule is COC1CC[S+]([O-])C1. The first-order valence-electron chi connectivity index (χ1n) is 2.70. The molecule has 0 amide bonds. The lowest BCUT2D eigenvalue weighted by atomic mass is 10.3. The third-order valence-electron chi connectivity index (χ3n) is 1.37. The zero-order valence-electron chi connectivity index (χ0n) is 4.92. The predicted molar refractivity (Wildman–Crippen MR) is 33.3 cm³/mol. The van der Waals surface area contributed by atoms with Crippen LogP contribution >= 0.6 is 0 Å². The van der Waals surface area contributed by atoms with Crippen LogP contribution in [0.15, 0.2) is 0 Å². The quantitative estimate of drug-likeness (QED) is 0.478. The van der Waals surface area contributed by atoms with Crippen LogP contribution in [0, 0.1) is 0 Å². The Balaban J connectivity index is 2.22. The van der Waals surface area contributed by atoms with Gasteiger partial charge in [-0.05, 0) is 0 Å². The Kier molecular flexibility index (Phi) is 2.16. The van der Waals surface area contributed by atoms with E-state index in [0.29, 0.717) is 0 Å². The molecule has 48 valence electrons. The molecule has 1 heterocycles. The van der Waals surface area contributed by atoms with Crippen molar-refractivity contribution in [2.24, 2.45) is 0 Å². The van der Waals surface area contributed by atoms with E-state index in [1.165, 1.54) is 0 Å². The van der Waals surface area contributed by atoms with Gasteiger partial charge in [0, 0.05) is 13.5 Å². The largest absolute Gasteiger partial charge is 0.616 e.